The van der Waals surface area contributed by atoms with Crippen molar-refractivity contribution in [1.29, 1.82) is 0 Å². The maximum atomic E-state index is 10.4. The molecule has 2 atom stereocenters. The van der Waals surface area contributed by atoms with Crippen LogP contribution in [-0.4, -0.2) is 11.7 Å². The first-order valence-electron chi connectivity index (χ1n) is 6.09. The Balaban J connectivity index is 2.89. The normalized spacial score (nSPS) is 15.0. The van der Waals surface area contributed by atoms with Crippen LogP contribution >= 0.6 is 15.9 Å². The zero-order valence-electron chi connectivity index (χ0n) is 10.8. The summed E-state index contributed by atoms with van der Waals surface area (Å²) in [6.07, 6.45) is 0.489. The van der Waals surface area contributed by atoms with Gasteiger partial charge in [-0.05, 0) is 49.1 Å². The average Bonchev–Trinajstić information content (AvgIpc) is 2.24. The van der Waals surface area contributed by atoms with E-state index in [2.05, 4.69) is 29.8 Å². The second-order valence-corrected chi connectivity index (χ2v) is 5.99. The topological polar surface area (TPSA) is 46.2 Å². The number of halogens is 1. The lowest BCUT2D eigenvalue weighted by molar-refractivity contribution is 0.0989. The molecule has 0 saturated heterocycles. The molecule has 1 rings (SSSR count). The van der Waals surface area contributed by atoms with E-state index in [1.807, 2.05) is 25.1 Å². The predicted molar refractivity (Wildman–Crippen MR) is 75.8 cm³/mol. The molecule has 0 radical (unpaired) electrons. The molecule has 1 aromatic rings. The first-order valence-corrected chi connectivity index (χ1v) is 6.89. The molecule has 0 amide bonds. The van der Waals surface area contributed by atoms with Crippen molar-refractivity contribution < 1.29 is 5.11 Å². The molecule has 96 valence electrons. The summed E-state index contributed by atoms with van der Waals surface area (Å²) < 4.78 is 1.04. The summed E-state index contributed by atoms with van der Waals surface area (Å²) in [5.74, 6) is 0.684. The van der Waals surface area contributed by atoms with Crippen molar-refractivity contribution in [3.05, 3.63) is 33.8 Å². The highest BCUT2D eigenvalue weighted by Gasteiger charge is 2.21. The largest absolute Gasteiger partial charge is 0.388 e. The van der Waals surface area contributed by atoms with Gasteiger partial charge in [-0.25, -0.2) is 0 Å². The Morgan fingerprint density at radius 2 is 2.00 bits per heavy atom. The lowest BCUT2D eigenvalue weighted by atomic mass is 9.87. The smallest absolute Gasteiger partial charge is 0.0832 e. The highest BCUT2D eigenvalue weighted by atomic mass is 79.9. The maximum Gasteiger partial charge on any atom is 0.0832 e. The summed E-state index contributed by atoms with van der Waals surface area (Å²) in [7, 11) is 0. The van der Waals surface area contributed by atoms with E-state index in [0.29, 0.717) is 12.5 Å². The van der Waals surface area contributed by atoms with Gasteiger partial charge in [0.25, 0.3) is 0 Å². The lowest BCUT2D eigenvalue weighted by Crippen LogP contribution is -2.24. The number of benzene rings is 1. The van der Waals surface area contributed by atoms with Crippen molar-refractivity contribution in [3.8, 4) is 0 Å². The molecule has 1 aromatic carbocycles. The molecule has 0 saturated carbocycles. The molecule has 0 aliphatic carbocycles. The van der Waals surface area contributed by atoms with Gasteiger partial charge < -0.3 is 10.8 Å². The number of aryl methyl sites for hydroxylation is 1. The van der Waals surface area contributed by atoms with E-state index in [4.69, 9.17) is 5.73 Å². The molecule has 0 fully saturated rings. The number of rotatable bonds is 5. The van der Waals surface area contributed by atoms with Gasteiger partial charge in [-0.2, -0.15) is 0 Å². The van der Waals surface area contributed by atoms with E-state index < -0.39 is 6.10 Å². The zero-order chi connectivity index (χ0) is 13.0. The molecule has 17 heavy (non-hydrogen) atoms. The van der Waals surface area contributed by atoms with Crippen LogP contribution in [0.4, 0.5) is 0 Å². The fraction of sp³-hybridized carbons (Fsp3) is 0.571. The summed E-state index contributed by atoms with van der Waals surface area (Å²) >= 11 is 3.43. The molecule has 0 spiro atoms. The van der Waals surface area contributed by atoms with Crippen LogP contribution in [-0.2, 0) is 0 Å². The number of hydrogen-bond acceptors (Lipinski definition) is 2. The Morgan fingerprint density at radius 1 is 1.35 bits per heavy atom. The zero-order valence-corrected chi connectivity index (χ0v) is 12.4. The predicted octanol–water partition coefficient (Wildman–Crippen LogP) is 3.41. The van der Waals surface area contributed by atoms with Crippen LogP contribution in [0.5, 0.6) is 0 Å². The third kappa shape index (κ3) is 4.09. The lowest BCUT2D eigenvalue weighted by Gasteiger charge is -2.24. The van der Waals surface area contributed by atoms with Gasteiger partial charge >= 0.3 is 0 Å². The molecule has 3 heteroatoms. The van der Waals surface area contributed by atoms with Gasteiger partial charge in [-0.3, -0.25) is 0 Å². The number of hydrogen-bond donors (Lipinski definition) is 2. The van der Waals surface area contributed by atoms with Crippen LogP contribution in [0.3, 0.4) is 0 Å². The van der Waals surface area contributed by atoms with Crippen LogP contribution in [0.25, 0.3) is 0 Å². The minimum atomic E-state index is -0.463. The fourth-order valence-electron chi connectivity index (χ4n) is 2.18. The molecular weight excluding hydrogens is 278 g/mol. The molecule has 0 aliphatic heterocycles. The number of aliphatic hydroxyl groups excluding tert-OH is 1. The van der Waals surface area contributed by atoms with E-state index in [-0.39, 0.29) is 5.92 Å². The molecule has 2 unspecified atom stereocenters. The van der Waals surface area contributed by atoms with Crippen LogP contribution in [0.15, 0.2) is 22.7 Å². The summed E-state index contributed by atoms with van der Waals surface area (Å²) in [6, 6.07) is 5.98. The highest BCUT2D eigenvalue weighted by molar-refractivity contribution is 9.10. The van der Waals surface area contributed by atoms with Crippen molar-refractivity contribution in [2.45, 2.75) is 33.3 Å². The Kier molecular flexibility index (Phi) is 5.63. The molecule has 0 aliphatic rings. The molecule has 0 bridgehead atoms. The Hall–Kier alpha value is -0.380. The standard InChI is InChI=1S/C14H22BrNO/c1-9(2)6-11(8-16)14(17)13-5-4-12(15)7-10(13)3/h4-5,7,9,11,14,17H,6,8,16H2,1-3H3. The van der Waals surface area contributed by atoms with Gasteiger partial charge in [0.05, 0.1) is 6.10 Å². The summed E-state index contributed by atoms with van der Waals surface area (Å²) in [5.41, 5.74) is 7.87. The molecule has 3 N–H and O–H groups in total. The highest BCUT2D eigenvalue weighted by Crippen LogP contribution is 2.30. The number of aliphatic hydroxyl groups is 1. The van der Waals surface area contributed by atoms with Crippen molar-refractivity contribution in [3.63, 3.8) is 0 Å². The van der Waals surface area contributed by atoms with Crippen LogP contribution in [0.2, 0.25) is 0 Å². The van der Waals surface area contributed by atoms with E-state index in [9.17, 15) is 5.11 Å². The molecule has 0 heterocycles. The van der Waals surface area contributed by atoms with Gasteiger partial charge in [0.15, 0.2) is 0 Å². The first-order chi connectivity index (χ1) is 7.95. The SMILES string of the molecule is Cc1cc(Br)ccc1C(O)C(CN)CC(C)C. The third-order valence-corrected chi connectivity index (χ3v) is 3.57. The summed E-state index contributed by atoms with van der Waals surface area (Å²) in [5, 5.41) is 10.4. The van der Waals surface area contributed by atoms with Gasteiger partial charge in [0, 0.05) is 10.4 Å². The third-order valence-electron chi connectivity index (χ3n) is 3.07. The first kappa shape index (κ1) is 14.7. The summed E-state index contributed by atoms with van der Waals surface area (Å²) in [6.45, 7) is 6.86. The minimum absolute atomic E-state index is 0.134. The monoisotopic (exact) mass is 299 g/mol. The average molecular weight is 300 g/mol. The fourth-order valence-corrected chi connectivity index (χ4v) is 2.66. The second kappa shape index (κ2) is 6.53. The summed E-state index contributed by atoms with van der Waals surface area (Å²) in [4.78, 5) is 0. The Bertz CT molecular complexity index is 365. The van der Waals surface area contributed by atoms with Crippen molar-refractivity contribution >= 4 is 15.9 Å². The van der Waals surface area contributed by atoms with E-state index in [1.54, 1.807) is 0 Å². The van der Waals surface area contributed by atoms with Gasteiger partial charge in [0.2, 0.25) is 0 Å². The van der Waals surface area contributed by atoms with Crippen molar-refractivity contribution in [1.82, 2.24) is 0 Å². The molecule has 0 aromatic heterocycles. The van der Waals surface area contributed by atoms with Crippen molar-refractivity contribution in [2.24, 2.45) is 17.6 Å². The van der Waals surface area contributed by atoms with Gasteiger partial charge in [-0.1, -0.05) is 35.8 Å². The molecular formula is C14H22BrNO. The van der Waals surface area contributed by atoms with Crippen LogP contribution < -0.4 is 5.73 Å². The van der Waals surface area contributed by atoms with Gasteiger partial charge in [-0.15, -0.1) is 0 Å². The van der Waals surface area contributed by atoms with E-state index in [0.717, 1.165) is 22.0 Å². The van der Waals surface area contributed by atoms with E-state index in [1.165, 1.54) is 0 Å². The number of nitrogens with two attached hydrogens (primary N) is 1. The van der Waals surface area contributed by atoms with Crippen molar-refractivity contribution in [2.75, 3.05) is 6.54 Å². The van der Waals surface area contributed by atoms with Gasteiger partial charge in [0.1, 0.15) is 0 Å². The quantitative estimate of drug-likeness (QED) is 0.875. The van der Waals surface area contributed by atoms with Crippen LogP contribution in [0.1, 0.15) is 37.5 Å². The maximum absolute atomic E-state index is 10.4. The van der Waals surface area contributed by atoms with E-state index >= 15 is 0 Å². The molecule has 2 nitrogen and oxygen atoms in total. The Morgan fingerprint density at radius 3 is 2.47 bits per heavy atom. The van der Waals surface area contributed by atoms with Crippen LogP contribution in [0, 0.1) is 18.8 Å². The second-order valence-electron chi connectivity index (χ2n) is 5.07. The Labute approximate surface area is 112 Å². The minimum Gasteiger partial charge on any atom is -0.388 e.